The van der Waals surface area contributed by atoms with Crippen LogP contribution < -0.4 is 10.9 Å². The number of aromatic nitrogens is 1. The van der Waals surface area contributed by atoms with Gasteiger partial charge in [0, 0.05) is 22.6 Å². The van der Waals surface area contributed by atoms with Gasteiger partial charge in [0.15, 0.2) is 5.76 Å². The summed E-state index contributed by atoms with van der Waals surface area (Å²) in [5.74, 6) is -1.17. The highest BCUT2D eigenvalue weighted by Gasteiger charge is 2.29. The lowest BCUT2D eigenvalue weighted by atomic mass is 9.88. The van der Waals surface area contributed by atoms with Crippen LogP contribution in [0.2, 0.25) is 0 Å². The molecule has 4 rings (SSSR count). The first-order valence-corrected chi connectivity index (χ1v) is 9.79. The van der Waals surface area contributed by atoms with E-state index < -0.39 is 17.9 Å². The molecule has 1 atom stereocenters. The number of fused-ring (bicyclic) bond motifs is 1. The smallest absolute Gasteiger partial charge is 0.404 e. The van der Waals surface area contributed by atoms with E-state index in [1.807, 2.05) is 44.2 Å². The number of carbonyl (C=O) groups is 2. The normalized spacial score (nSPS) is 15.7. The van der Waals surface area contributed by atoms with Crippen molar-refractivity contribution in [2.75, 3.05) is 0 Å². The van der Waals surface area contributed by atoms with Gasteiger partial charge in [-0.15, -0.1) is 0 Å². The molecule has 0 bridgehead atoms. The first kappa shape index (κ1) is 20.1. The quantitative estimate of drug-likeness (QED) is 0.629. The minimum atomic E-state index is -0.823. The number of nitrogens with one attached hydrogen (secondary N) is 2. The first-order chi connectivity index (χ1) is 14.9. The maximum Gasteiger partial charge on any atom is 0.419 e. The summed E-state index contributed by atoms with van der Waals surface area (Å²) in [4.78, 5) is 38.9. The number of hydrogen-bond donors (Lipinski definition) is 2. The van der Waals surface area contributed by atoms with Crippen molar-refractivity contribution < 1.29 is 14.3 Å². The van der Waals surface area contributed by atoms with Crippen LogP contribution in [0, 0.1) is 17.2 Å². The number of hydrogen-bond acceptors (Lipinski definition) is 5. The number of alkyl carbamates (subject to hydrolysis) is 1. The Morgan fingerprint density at radius 1 is 1.06 bits per heavy atom. The molecule has 1 aromatic heterocycles. The molecule has 0 saturated carbocycles. The van der Waals surface area contributed by atoms with Gasteiger partial charge in [-0.1, -0.05) is 44.2 Å². The molecule has 7 heteroatoms. The zero-order valence-electron chi connectivity index (χ0n) is 16.9. The number of H-pyrrole nitrogens is 1. The molecule has 0 radical (unpaired) electrons. The Hall–Kier alpha value is -4.18. The van der Waals surface area contributed by atoms with Crippen LogP contribution >= 0.6 is 0 Å². The van der Waals surface area contributed by atoms with Crippen LogP contribution in [0.25, 0.3) is 22.0 Å². The average molecular weight is 413 g/mol. The summed E-state index contributed by atoms with van der Waals surface area (Å²) >= 11 is 0. The van der Waals surface area contributed by atoms with Gasteiger partial charge in [-0.05, 0) is 41.1 Å². The third-order valence-electron chi connectivity index (χ3n) is 5.30. The predicted molar refractivity (Wildman–Crippen MR) is 115 cm³/mol. The molecule has 0 spiro atoms. The number of pyridine rings is 1. The Kier molecular flexibility index (Phi) is 5.14. The van der Waals surface area contributed by atoms with Crippen LogP contribution in [-0.4, -0.2) is 17.0 Å². The standard InChI is InChI=1S/C24H19N3O4/c1-13(2)18(11-21-23(29)27-24(30)31-21)17-8-9-20(26-22(17)28)15-7-6-14-4-3-5-16(12-25)19(14)10-15/h3-11,13,18H,1-2H3,(H,26,28)(H,27,29,30). The van der Waals surface area contributed by atoms with Crippen LogP contribution in [0.1, 0.15) is 30.9 Å². The average Bonchev–Trinajstić information content (AvgIpc) is 3.07. The van der Waals surface area contributed by atoms with Crippen LogP contribution in [-0.2, 0) is 9.53 Å². The Morgan fingerprint density at radius 3 is 2.52 bits per heavy atom. The van der Waals surface area contributed by atoms with Crippen molar-refractivity contribution in [1.29, 1.82) is 5.26 Å². The second kappa shape index (κ2) is 7.92. The molecule has 0 aliphatic carbocycles. The summed E-state index contributed by atoms with van der Waals surface area (Å²) in [7, 11) is 0. The van der Waals surface area contributed by atoms with Gasteiger partial charge in [-0.25, -0.2) is 4.79 Å². The van der Waals surface area contributed by atoms with E-state index >= 15 is 0 Å². The number of amides is 2. The second-order valence-corrected chi connectivity index (χ2v) is 7.65. The molecule has 1 fully saturated rings. The van der Waals surface area contributed by atoms with Gasteiger partial charge < -0.3 is 9.72 Å². The maximum absolute atomic E-state index is 12.9. The number of nitrogens with zero attached hydrogens (tertiary/aromatic N) is 1. The number of imide groups is 1. The highest BCUT2D eigenvalue weighted by atomic mass is 16.6. The number of benzene rings is 2. The van der Waals surface area contributed by atoms with Gasteiger partial charge in [-0.3, -0.25) is 14.9 Å². The molecule has 1 unspecified atom stereocenters. The fourth-order valence-corrected chi connectivity index (χ4v) is 3.69. The lowest BCUT2D eigenvalue weighted by molar-refractivity contribution is -0.116. The summed E-state index contributed by atoms with van der Waals surface area (Å²) in [5, 5.41) is 13.2. The number of carbonyl (C=O) groups excluding carboxylic acids is 2. The largest absolute Gasteiger partial charge is 0.419 e. The van der Waals surface area contributed by atoms with Gasteiger partial charge in [0.25, 0.3) is 11.5 Å². The van der Waals surface area contributed by atoms with Gasteiger partial charge >= 0.3 is 6.09 Å². The summed E-state index contributed by atoms with van der Waals surface area (Å²) < 4.78 is 4.89. The van der Waals surface area contributed by atoms with E-state index in [1.54, 1.807) is 18.2 Å². The summed E-state index contributed by atoms with van der Waals surface area (Å²) in [6.45, 7) is 3.83. The van der Waals surface area contributed by atoms with E-state index in [9.17, 15) is 19.6 Å². The van der Waals surface area contributed by atoms with Crippen LogP contribution in [0.4, 0.5) is 4.79 Å². The fraction of sp³-hybridized carbons (Fsp3) is 0.167. The van der Waals surface area contributed by atoms with Gasteiger partial charge in [0.05, 0.1) is 11.6 Å². The predicted octanol–water partition coefficient (Wildman–Crippen LogP) is 3.96. The number of aromatic amines is 1. The third kappa shape index (κ3) is 3.83. The number of cyclic esters (lactones) is 1. The zero-order valence-corrected chi connectivity index (χ0v) is 16.9. The highest BCUT2D eigenvalue weighted by Crippen LogP contribution is 2.29. The second-order valence-electron chi connectivity index (χ2n) is 7.65. The minimum absolute atomic E-state index is 0.0228. The summed E-state index contributed by atoms with van der Waals surface area (Å²) in [5.41, 5.74) is 2.12. The van der Waals surface area contributed by atoms with Crippen molar-refractivity contribution in [1.82, 2.24) is 10.3 Å². The van der Waals surface area contributed by atoms with E-state index in [1.165, 1.54) is 6.08 Å². The first-order valence-electron chi connectivity index (χ1n) is 9.79. The van der Waals surface area contributed by atoms with Gasteiger partial charge in [0.1, 0.15) is 0 Å². The summed E-state index contributed by atoms with van der Waals surface area (Å²) in [6.07, 6.45) is 0.681. The van der Waals surface area contributed by atoms with Gasteiger partial charge in [-0.2, -0.15) is 5.26 Å². The van der Waals surface area contributed by atoms with Crippen LogP contribution in [0.15, 0.2) is 65.2 Å². The molecule has 2 amide bonds. The van der Waals surface area contributed by atoms with E-state index in [4.69, 9.17) is 4.74 Å². The molecule has 2 heterocycles. The Bertz CT molecular complexity index is 1340. The van der Waals surface area contributed by atoms with Crippen LogP contribution in [0.3, 0.4) is 0 Å². The number of nitriles is 1. The third-order valence-corrected chi connectivity index (χ3v) is 5.30. The van der Waals surface area contributed by atoms with E-state index in [2.05, 4.69) is 16.4 Å². The zero-order chi connectivity index (χ0) is 22.1. The van der Waals surface area contributed by atoms with Gasteiger partial charge in [0.2, 0.25) is 0 Å². The van der Waals surface area contributed by atoms with Crippen molar-refractivity contribution in [2.45, 2.75) is 19.8 Å². The SMILES string of the molecule is CC(C)C(C=C1OC(=O)NC1=O)c1ccc(-c2ccc3cccc(C#N)c3c2)[nH]c1=O. The molecular weight excluding hydrogens is 394 g/mol. The Balaban J connectivity index is 1.74. The van der Waals surface area contributed by atoms with E-state index in [0.717, 1.165) is 16.3 Å². The number of rotatable bonds is 4. The maximum atomic E-state index is 12.9. The molecule has 1 saturated heterocycles. The fourth-order valence-electron chi connectivity index (χ4n) is 3.69. The number of allylic oxidation sites excluding steroid dienone is 1. The van der Waals surface area contributed by atoms with Crippen molar-refractivity contribution in [3.63, 3.8) is 0 Å². The molecule has 1 aliphatic heterocycles. The molecule has 1 aliphatic rings. The molecule has 154 valence electrons. The monoisotopic (exact) mass is 413 g/mol. The Morgan fingerprint density at radius 2 is 1.87 bits per heavy atom. The van der Waals surface area contributed by atoms with Crippen molar-refractivity contribution >= 4 is 22.8 Å². The molecule has 2 N–H and O–H groups in total. The topological polar surface area (TPSA) is 112 Å². The van der Waals surface area contributed by atoms with E-state index in [-0.39, 0.29) is 17.2 Å². The lowest BCUT2D eigenvalue weighted by Gasteiger charge is -2.17. The lowest BCUT2D eigenvalue weighted by Crippen LogP contribution is -2.21. The van der Waals surface area contributed by atoms with Crippen molar-refractivity contribution in [2.24, 2.45) is 5.92 Å². The summed E-state index contributed by atoms with van der Waals surface area (Å²) in [6, 6.07) is 16.9. The molecule has 7 nitrogen and oxygen atoms in total. The number of ether oxygens (including phenoxy) is 1. The molecule has 31 heavy (non-hydrogen) atoms. The van der Waals surface area contributed by atoms with Crippen LogP contribution in [0.5, 0.6) is 0 Å². The minimum Gasteiger partial charge on any atom is -0.404 e. The highest BCUT2D eigenvalue weighted by molar-refractivity contribution is 6.07. The van der Waals surface area contributed by atoms with Crippen molar-refractivity contribution in [3.8, 4) is 17.3 Å². The van der Waals surface area contributed by atoms with Crippen molar-refractivity contribution in [3.05, 3.63) is 81.8 Å². The molecular formula is C24H19N3O4. The molecule has 2 aromatic carbocycles. The molecule has 3 aromatic rings. The Labute approximate surface area is 178 Å². The van der Waals surface area contributed by atoms with E-state index in [0.29, 0.717) is 16.8 Å².